The van der Waals surface area contributed by atoms with Crippen LogP contribution in [0.3, 0.4) is 0 Å². The largest absolute Gasteiger partial charge is 0.362 e. The summed E-state index contributed by atoms with van der Waals surface area (Å²) < 4.78 is 4.91. The quantitative estimate of drug-likeness (QED) is 0.691. The molecule has 1 unspecified atom stereocenters. The van der Waals surface area contributed by atoms with Crippen LogP contribution in [-0.4, -0.2) is 7.11 Å². The maximum atomic E-state index is 5.84. The minimum absolute atomic E-state index is 0.427. The lowest BCUT2D eigenvalue weighted by molar-refractivity contribution is 0.109. The molecule has 0 amide bonds. The van der Waals surface area contributed by atoms with Gasteiger partial charge in [-0.25, -0.2) is 0 Å². The Kier molecular flexibility index (Phi) is 2.88. The van der Waals surface area contributed by atoms with Crippen LogP contribution in [0.4, 0.5) is 0 Å². The van der Waals surface area contributed by atoms with E-state index in [0.29, 0.717) is 5.02 Å². The van der Waals surface area contributed by atoms with Crippen molar-refractivity contribution in [3.63, 3.8) is 0 Å². The van der Waals surface area contributed by atoms with Crippen LogP contribution in [0.25, 0.3) is 0 Å². The molecule has 1 aromatic rings. The molecule has 0 aromatic heterocycles. The van der Waals surface area contributed by atoms with Gasteiger partial charge in [0, 0.05) is 17.7 Å². The van der Waals surface area contributed by atoms with E-state index in [2.05, 4.69) is 0 Å². The molecule has 1 atom stereocenters. The van der Waals surface area contributed by atoms with Gasteiger partial charge in [-0.1, -0.05) is 29.8 Å². The van der Waals surface area contributed by atoms with E-state index in [1.54, 1.807) is 13.2 Å². The van der Waals surface area contributed by atoms with Crippen LogP contribution in [0.5, 0.6) is 0 Å². The smallest absolute Gasteiger partial charge is 0.132 e. The van der Waals surface area contributed by atoms with Gasteiger partial charge in [0.1, 0.15) is 6.23 Å². The van der Waals surface area contributed by atoms with Gasteiger partial charge in [0.15, 0.2) is 0 Å². The predicted octanol–water partition coefficient (Wildman–Crippen LogP) is 1.94. The van der Waals surface area contributed by atoms with Crippen molar-refractivity contribution in [3.8, 4) is 0 Å². The van der Waals surface area contributed by atoms with Crippen LogP contribution in [0.15, 0.2) is 24.3 Å². The first-order chi connectivity index (χ1) is 5.25. The van der Waals surface area contributed by atoms with Crippen LogP contribution in [0.1, 0.15) is 11.8 Å². The van der Waals surface area contributed by atoms with E-state index in [1.165, 1.54) is 0 Å². The predicted molar refractivity (Wildman–Crippen MR) is 45.4 cm³/mol. The molecule has 0 saturated heterocycles. The van der Waals surface area contributed by atoms with Crippen LogP contribution in [0.2, 0.25) is 5.02 Å². The van der Waals surface area contributed by atoms with Crippen molar-refractivity contribution in [2.45, 2.75) is 6.23 Å². The van der Waals surface area contributed by atoms with Gasteiger partial charge in [-0.3, -0.25) is 0 Å². The summed E-state index contributed by atoms with van der Waals surface area (Å²) in [6.07, 6.45) is -0.427. The fourth-order valence-electron chi connectivity index (χ4n) is 0.833. The molecule has 60 valence electrons. The molecule has 0 heterocycles. The molecule has 0 fully saturated rings. The first-order valence-electron chi connectivity index (χ1n) is 3.28. The molecule has 1 rings (SSSR count). The lowest BCUT2D eigenvalue weighted by Crippen LogP contribution is -2.12. The van der Waals surface area contributed by atoms with Gasteiger partial charge in [0.2, 0.25) is 0 Å². The van der Waals surface area contributed by atoms with Gasteiger partial charge >= 0.3 is 0 Å². The third kappa shape index (κ3) is 1.93. The SMILES string of the molecule is COC(N)c1ccccc1Cl. The molecule has 2 N–H and O–H groups in total. The zero-order valence-electron chi connectivity index (χ0n) is 6.25. The van der Waals surface area contributed by atoms with Crippen LogP contribution in [-0.2, 0) is 4.74 Å². The minimum atomic E-state index is -0.427. The Bertz CT molecular complexity index is 239. The summed E-state index contributed by atoms with van der Waals surface area (Å²) in [5.41, 5.74) is 6.40. The number of rotatable bonds is 2. The number of nitrogens with two attached hydrogens (primary N) is 1. The lowest BCUT2D eigenvalue weighted by atomic mass is 10.2. The molecule has 0 radical (unpaired) electrons. The van der Waals surface area contributed by atoms with Crippen LogP contribution >= 0.6 is 11.6 Å². The van der Waals surface area contributed by atoms with Crippen molar-refractivity contribution in [3.05, 3.63) is 34.9 Å². The Hall–Kier alpha value is -0.570. The van der Waals surface area contributed by atoms with E-state index < -0.39 is 6.23 Å². The Morgan fingerprint density at radius 3 is 2.64 bits per heavy atom. The number of halogens is 1. The molecule has 0 aliphatic heterocycles. The maximum Gasteiger partial charge on any atom is 0.132 e. The van der Waals surface area contributed by atoms with Gasteiger partial charge in [0.25, 0.3) is 0 Å². The molecule has 0 aliphatic carbocycles. The molecule has 0 aliphatic rings. The highest BCUT2D eigenvalue weighted by Gasteiger charge is 2.06. The zero-order valence-corrected chi connectivity index (χ0v) is 7.01. The second kappa shape index (κ2) is 3.72. The Labute approximate surface area is 70.9 Å². The molecule has 3 heteroatoms. The third-order valence-corrected chi connectivity index (χ3v) is 1.81. The molecule has 2 nitrogen and oxygen atoms in total. The van der Waals surface area contributed by atoms with E-state index in [1.807, 2.05) is 18.2 Å². The van der Waals surface area contributed by atoms with Crippen molar-refractivity contribution in [1.29, 1.82) is 0 Å². The average molecular weight is 172 g/mol. The van der Waals surface area contributed by atoms with Crippen molar-refractivity contribution < 1.29 is 4.74 Å². The van der Waals surface area contributed by atoms with E-state index >= 15 is 0 Å². The number of ether oxygens (including phenoxy) is 1. The molecule has 1 aromatic carbocycles. The molecule has 0 bridgehead atoms. The summed E-state index contributed by atoms with van der Waals surface area (Å²) >= 11 is 5.84. The number of methoxy groups -OCH3 is 1. The van der Waals surface area contributed by atoms with Crippen molar-refractivity contribution in [2.75, 3.05) is 7.11 Å². The van der Waals surface area contributed by atoms with Gasteiger partial charge in [0.05, 0.1) is 0 Å². The second-order valence-electron chi connectivity index (χ2n) is 2.18. The minimum Gasteiger partial charge on any atom is -0.362 e. The molecule has 0 saturated carbocycles. The monoisotopic (exact) mass is 171 g/mol. The van der Waals surface area contributed by atoms with Gasteiger partial charge in [-0.2, -0.15) is 0 Å². The summed E-state index contributed by atoms with van der Waals surface area (Å²) in [4.78, 5) is 0. The summed E-state index contributed by atoms with van der Waals surface area (Å²) in [6.45, 7) is 0. The Balaban J connectivity index is 2.93. The average Bonchev–Trinajstić information content (AvgIpc) is 2.04. The van der Waals surface area contributed by atoms with Crippen molar-refractivity contribution in [2.24, 2.45) is 5.73 Å². The van der Waals surface area contributed by atoms with E-state index in [0.717, 1.165) is 5.56 Å². The first-order valence-corrected chi connectivity index (χ1v) is 3.66. The third-order valence-electron chi connectivity index (χ3n) is 1.47. The summed E-state index contributed by atoms with van der Waals surface area (Å²) in [6, 6.07) is 7.36. The van der Waals surface area contributed by atoms with Gasteiger partial charge < -0.3 is 10.5 Å². The normalized spacial score (nSPS) is 13.0. The van der Waals surface area contributed by atoms with Crippen molar-refractivity contribution in [1.82, 2.24) is 0 Å². The van der Waals surface area contributed by atoms with Crippen molar-refractivity contribution >= 4 is 11.6 Å². The van der Waals surface area contributed by atoms with Gasteiger partial charge in [-0.15, -0.1) is 0 Å². The second-order valence-corrected chi connectivity index (χ2v) is 2.59. The summed E-state index contributed by atoms with van der Waals surface area (Å²) in [5.74, 6) is 0. The first kappa shape index (κ1) is 8.53. The van der Waals surface area contributed by atoms with E-state index in [4.69, 9.17) is 22.1 Å². The van der Waals surface area contributed by atoms with Crippen LogP contribution in [0, 0.1) is 0 Å². The zero-order chi connectivity index (χ0) is 8.27. The van der Waals surface area contributed by atoms with E-state index in [9.17, 15) is 0 Å². The summed E-state index contributed by atoms with van der Waals surface area (Å²) in [7, 11) is 1.55. The molecular formula is C8H10ClNO. The lowest BCUT2D eigenvalue weighted by Gasteiger charge is -2.10. The van der Waals surface area contributed by atoms with E-state index in [-0.39, 0.29) is 0 Å². The fraction of sp³-hybridized carbons (Fsp3) is 0.250. The number of hydrogen-bond donors (Lipinski definition) is 1. The summed E-state index contributed by atoms with van der Waals surface area (Å²) in [5, 5.41) is 0.641. The molecule has 11 heavy (non-hydrogen) atoms. The highest BCUT2D eigenvalue weighted by molar-refractivity contribution is 6.31. The van der Waals surface area contributed by atoms with Crippen LogP contribution < -0.4 is 5.73 Å². The molecular weight excluding hydrogens is 162 g/mol. The Morgan fingerprint density at radius 1 is 1.45 bits per heavy atom. The topological polar surface area (TPSA) is 35.2 Å². The Morgan fingerprint density at radius 2 is 2.09 bits per heavy atom. The highest BCUT2D eigenvalue weighted by Crippen LogP contribution is 2.20. The number of hydrogen-bond acceptors (Lipinski definition) is 2. The highest BCUT2D eigenvalue weighted by atomic mass is 35.5. The standard InChI is InChI=1S/C8H10ClNO/c1-11-8(10)6-4-2-3-5-7(6)9/h2-5,8H,10H2,1H3. The maximum absolute atomic E-state index is 5.84. The van der Waals surface area contributed by atoms with Gasteiger partial charge in [-0.05, 0) is 6.07 Å². The number of benzene rings is 1. The molecule has 0 spiro atoms. The fourth-order valence-corrected chi connectivity index (χ4v) is 1.08.